The first-order valence-corrected chi connectivity index (χ1v) is 7.46. The first-order valence-electron chi connectivity index (χ1n) is 7.46. The first-order chi connectivity index (χ1) is 9.70. The molecule has 0 amide bonds. The molecule has 1 aliphatic rings. The van der Waals surface area contributed by atoms with Crippen molar-refractivity contribution in [3.05, 3.63) is 0 Å². The highest BCUT2D eigenvalue weighted by Crippen LogP contribution is 2.35. The Hall–Kier alpha value is -1.59. The molecule has 21 heavy (non-hydrogen) atoms. The summed E-state index contributed by atoms with van der Waals surface area (Å²) >= 11 is 0. The van der Waals surface area contributed by atoms with Crippen LogP contribution in [0.4, 0.5) is 0 Å². The van der Waals surface area contributed by atoms with Crippen LogP contribution in [0.15, 0.2) is 5.10 Å². The lowest BCUT2D eigenvalue weighted by Crippen LogP contribution is -2.57. The minimum absolute atomic E-state index is 0.0740. The molecule has 1 N–H and O–H groups in total. The summed E-state index contributed by atoms with van der Waals surface area (Å²) < 4.78 is 5.19. The van der Waals surface area contributed by atoms with E-state index in [2.05, 4.69) is 5.10 Å². The van der Waals surface area contributed by atoms with E-state index in [0.29, 0.717) is 12.3 Å². The number of hydrazone groups is 1. The third-order valence-electron chi connectivity index (χ3n) is 3.69. The second kappa shape index (κ2) is 6.45. The average Bonchev–Trinajstić information content (AvgIpc) is 2.79. The normalized spacial score (nSPS) is 22.1. The lowest BCUT2D eigenvalue weighted by atomic mass is 9.82. The Balaban J connectivity index is 3.06. The molecule has 0 spiro atoms. The number of likely N-dealkylation sites (N-methyl/N-ethyl adjacent to an activating group) is 1. The zero-order valence-corrected chi connectivity index (χ0v) is 13.6. The number of hydrogen-bond acceptors (Lipinski definition) is 5. The van der Waals surface area contributed by atoms with Gasteiger partial charge in [-0.2, -0.15) is 5.10 Å². The number of nitrogens with zero attached hydrogens (tertiary/aromatic N) is 2. The van der Waals surface area contributed by atoms with E-state index in [-0.39, 0.29) is 18.4 Å². The van der Waals surface area contributed by atoms with Gasteiger partial charge >= 0.3 is 11.9 Å². The van der Waals surface area contributed by atoms with Gasteiger partial charge in [-0.3, -0.25) is 5.01 Å². The van der Waals surface area contributed by atoms with Crippen molar-refractivity contribution in [2.75, 3.05) is 13.2 Å². The average molecular weight is 298 g/mol. The maximum atomic E-state index is 12.4. The number of carboxylic acid groups (broad SMARTS) is 1. The number of hydrogen-bond donors (Lipinski definition) is 1. The van der Waals surface area contributed by atoms with Crippen LogP contribution in [-0.4, -0.2) is 46.5 Å². The molecule has 6 nitrogen and oxygen atoms in total. The molecule has 0 aromatic carbocycles. The van der Waals surface area contributed by atoms with E-state index in [1.54, 1.807) is 6.92 Å². The van der Waals surface area contributed by atoms with Crippen LogP contribution in [-0.2, 0) is 14.3 Å². The smallest absolute Gasteiger partial charge is 0.345 e. The molecule has 1 rings (SSSR count). The number of unbranched alkanes of at least 4 members (excludes halogenated alkanes) is 1. The standard InChI is InChI=1S/C15H26N2O4/c1-6-8-9-21-13(20)15(12(18)19)10-11(14(3,4)5)16-17(15)7-2/h6-10H2,1-5H3,(H,18,19). The molecular formula is C15H26N2O4. The lowest BCUT2D eigenvalue weighted by molar-refractivity contribution is -0.170. The maximum Gasteiger partial charge on any atom is 0.345 e. The number of aliphatic carboxylic acids is 1. The van der Waals surface area contributed by atoms with E-state index < -0.39 is 17.5 Å². The summed E-state index contributed by atoms with van der Waals surface area (Å²) in [6, 6.07) is 0. The molecule has 1 heterocycles. The number of carboxylic acids is 1. The predicted octanol–water partition coefficient (Wildman–Crippen LogP) is 2.28. The van der Waals surface area contributed by atoms with Gasteiger partial charge in [-0.05, 0) is 13.3 Å². The molecular weight excluding hydrogens is 272 g/mol. The molecule has 0 aromatic heterocycles. The van der Waals surface area contributed by atoms with Crippen molar-refractivity contribution in [3.8, 4) is 0 Å². The second-order valence-electron chi connectivity index (χ2n) is 6.34. The Morgan fingerprint density at radius 3 is 2.43 bits per heavy atom. The molecule has 1 aliphatic heterocycles. The molecule has 0 saturated carbocycles. The van der Waals surface area contributed by atoms with E-state index in [1.165, 1.54) is 5.01 Å². The maximum absolute atomic E-state index is 12.4. The van der Waals surface area contributed by atoms with Crippen molar-refractivity contribution in [1.29, 1.82) is 0 Å². The van der Waals surface area contributed by atoms with Crippen molar-refractivity contribution >= 4 is 17.7 Å². The number of ether oxygens (including phenoxy) is 1. The molecule has 0 radical (unpaired) electrons. The highest BCUT2D eigenvalue weighted by molar-refractivity contribution is 6.11. The Kier molecular flexibility index (Phi) is 5.36. The quantitative estimate of drug-likeness (QED) is 0.462. The van der Waals surface area contributed by atoms with E-state index in [0.717, 1.165) is 12.8 Å². The summed E-state index contributed by atoms with van der Waals surface area (Å²) in [6.07, 6.45) is 1.68. The molecule has 0 saturated heterocycles. The van der Waals surface area contributed by atoms with Gasteiger partial charge in [0.2, 0.25) is 0 Å². The molecule has 6 heteroatoms. The van der Waals surface area contributed by atoms with Gasteiger partial charge < -0.3 is 9.84 Å². The molecule has 0 fully saturated rings. The SMILES string of the molecule is CCCCOC(=O)C1(C(=O)O)CC(C(C)(C)C)=NN1CC. The third kappa shape index (κ3) is 3.36. The zero-order chi connectivity index (χ0) is 16.3. The fraction of sp³-hybridized carbons (Fsp3) is 0.800. The van der Waals surface area contributed by atoms with Crippen LogP contribution in [0.5, 0.6) is 0 Å². The molecule has 1 unspecified atom stereocenters. The Bertz CT molecular complexity index is 439. The summed E-state index contributed by atoms with van der Waals surface area (Å²) in [5.74, 6) is -1.91. The zero-order valence-electron chi connectivity index (χ0n) is 13.6. The Labute approximate surface area is 126 Å². The molecule has 0 bridgehead atoms. The van der Waals surface area contributed by atoms with Crippen LogP contribution in [0.1, 0.15) is 53.9 Å². The van der Waals surface area contributed by atoms with Gasteiger partial charge in [-0.25, -0.2) is 9.59 Å². The predicted molar refractivity (Wildman–Crippen MR) is 80.1 cm³/mol. The second-order valence-corrected chi connectivity index (χ2v) is 6.34. The van der Waals surface area contributed by atoms with E-state index in [9.17, 15) is 14.7 Å². The topological polar surface area (TPSA) is 79.2 Å². The summed E-state index contributed by atoms with van der Waals surface area (Å²) in [4.78, 5) is 24.2. The number of esters is 1. The van der Waals surface area contributed by atoms with Crippen molar-refractivity contribution in [3.63, 3.8) is 0 Å². The van der Waals surface area contributed by atoms with Crippen molar-refractivity contribution in [1.82, 2.24) is 5.01 Å². The minimum atomic E-state index is -1.72. The van der Waals surface area contributed by atoms with Gasteiger partial charge in [0.25, 0.3) is 5.54 Å². The summed E-state index contributed by atoms with van der Waals surface area (Å²) in [6.45, 7) is 10.2. The summed E-state index contributed by atoms with van der Waals surface area (Å²) in [5.41, 5.74) is -1.29. The van der Waals surface area contributed by atoms with Gasteiger partial charge in [0.1, 0.15) is 0 Å². The van der Waals surface area contributed by atoms with Crippen LogP contribution < -0.4 is 0 Å². The fourth-order valence-electron chi connectivity index (χ4n) is 2.24. The Morgan fingerprint density at radius 1 is 1.38 bits per heavy atom. The van der Waals surface area contributed by atoms with Crippen LogP contribution in [0, 0.1) is 5.41 Å². The minimum Gasteiger partial charge on any atom is -0.479 e. The molecule has 120 valence electrons. The largest absolute Gasteiger partial charge is 0.479 e. The van der Waals surface area contributed by atoms with Crippen LogP contribution in [0.3, 0.4) is 0 Å². The van der Waals surface area contributed by atoms with Crippen LogP contribution >= 0.6 is 0 Å². The van der Waals surface area contributed by atoms with Crippen molar-refractivity contribution < 1.29 is 19.4 Å². The van der Waals surface area contributed by atoms with E-state index in [1.807, 2.05) is 27.7 Å². The van der Waals surface area contributed by atoms with Gasteiger partial charge in [0.05, 0.1) is 6.61 Å². The van der Waals surface area contributed by atoms with Gasteiger partial charge in [-0.15, -0.1) is 0 Å². The molecule has 0 aliphatic carbocycles. The Morgan fingerprint density at radius 2 is 2.00 bits per heavy atom. The highest BCUT2D eigenvalue weighted by atomic mass is 16.5. The van der Waals surface area contributed by atoms with Crippen LogP contribution in [0.2, 0.25) is 0 Å². The van der Waals surface area contributed by atoms with Crippen molar-refractivity contribution in [2.45, 2.75) is 59.4 Å². The van der Waals surface area contributed by atoms with Crippen LogP contribution in [0.25, 0.3) is 0 Å². The number of carbonyl (C=O) groups is 2. The molecule has 1 atom stereocenters. The molecule has 0 aromatic rings. The lowest BCUT2D eigenvalue weighted by Gasteiger charge is -2.30. The van der Waals surface area contributed by atoms with Gasteiger partial charge in [-0.1, -0.05) is 34.1 Å². The van der Waals surface area contributed by atoms with E-state index in [4.69, 9.17) is 4.74 Å². The summed E-state index contributed by atoms with van der Waals surface area (Å²) in [7, 11) is 0. The monoisotopic (exact) mass is 298 g/mol. The van der Waals surface area contributed by atoms with Gasteiger partial charge in [0, 0.05) is 24.1 Å². The van der Waals surface area contributed by atoms with Crippen molar-refractivity contribution in [2.24, 2.45) is 10.5 Å². The first kappa shape index (κ1) is 17.5. The summed E-state index contributed by atoms with van der Waals surface area (Å²) in [5, 5.41) is 15.4. The highest BCUT2D eigenvalue weighted by Gasteiger charge is 2.57. The number of rotatable bonds is 6. The van der Waals surface area contributed by atoms with Gasteiger partial charge in [0.15, 0.2) is 0 Å². The fourth-order valence-corrected chi connectivity index (χ4v) is 2.24. The van der Waals surface area contributed by atoms with E-state index >= 15 is 0 Å². The number of carbonyl (C=O) groups excluding carboxylic acids is 1. The third-order valence-corrected chi connectivity index (χ3v) is 3.69.